The number of hydrogen-bond acceptors (Lipinski definition) is 4. The van der Waals surface area contributed by atoms with Gasteiger partial charge in [-0.1, -0.05) is 0 Å². The van der Waals surface area contributed by atoms with Gasteiger partial charge in [0.15, 0.2) is 0 Å². The van der Waals surface area contributed by atoms with Crippen molar-refractivity contribution >= 4 is 11.8 Å². The van der Waals surface area contributed by atoms with Crippen molar-refractivity contribution in [2.75, 3.05) is 25.2 Å². The van der Waals surface area contributed by atoms with Gasteiger partial charge < -0.3 is 15.2 Å². The molecule has 0 spiro atoms. The summed E-state index contributed by atoms with van der Waals surface area (Å²) in [6.07, 6.45) is 3.29. The Balaban J connectivity index is 1.91. The fraction of sp³-hybridized carbons (Fsp3) is 0.500. The Labute approximate surface area is 100 Å². The van der Waals surface area contributed by atoms with Crippen LogP contribution in [0, 0.1) is 0 Å². The van der Waals surface area contributed by atoms with Crippen molar-refractivity contribution in [3.8, 4) is 11.5 Å². The zero-order valence-electron chi connectivity index (χ0n) is 9.40. The average molecular weight is 239 g/mol. The maximum atomic E-state index is 9.33. The maximum absolute atomic E-state index is 9.33. The minimum absolute atomic E-state index is 0.266. The molecule has 0 saturated carbocycles. The van der Waals surface area contributed by atoms with Gasteiger partial charge in [-0.2, -0.15) is 11.8 Å². The molecular weight excluding hydrogens is 222 g/mol. The second-order valence-electron chi connectivity index (χ2n) is 3.89. The molecule has 1 aliphatic rings. The van der Waals surface area contributed by atoms with E-state index in [-0.39, 0.29) is 11.8 Å². The van der Waals surface area contributed by atoms with Gasteiger partial charge in [0.25, 0.3) is 0 Å². The summed E-state index contributed by atoms with van der Waals surface area (Å²) in [7, 11) is 0. The average Bonchev–Trinajstić information content (AvgIpc) is 2.67. The number of phenolic OH excluding ortho intramolecular Hbond substituents is 1. The van der Waals surface area contributed by atoms with Gasteiger partial charge in [0, 0.05) is 11.6 Å². The van der Waals surface area contributed by atoms with Crippen LogP contribution in [-0.2, 0) is 0 Å². The Morgan fingerprint density at radius 3 is 3.25 bits per heavy atom. The molecule has 2 N–H and O–H groups in total. The minimum atomic E-state index is 0.266. The Morgan fingerprint density at radius 1 is 1.56 bits per heavy atom. The van der Waals surface area contributed by atoms with E-state index in [9.17, 15) is 5.11 Å². The largest absolute Gasteiger partial charge is 0.508 e. The van der Waals surface area contributed by atoms with Crippen LogP contribution in [0.5, 0.6) is 11.5 Å². The highest BCUT2D eigenvalue weighted by Crippen LogP contribution is 2.34. The van der Waals surface area contributed by atoms with Crippen molar-refractivity contribution < 1.29 is 9.84 Å². The van der Waals surface area contributed by atoms with E-state index in [2.05, 4.69) is 11.6 Å². The quantitative estimate of drug-likeness (QED) is 0.773. The minimum Gasteiger partial charge on any atom is -0.508 e. The summed E-state index contributed by atoms with van der Waals surface area (Å²) in [5.41, 5.74) is 1.15. The zero-order valence-corrected chi connectivity index (χ0v) is 10.2. The van der Waals surface area contributed by atoms with Gasteiger partial charge in [0.1, 0.15) is 18.1 Å². The zero-order chi connectivity index (χ0) is 11.4. The third kappa shape index (κ3) is 2.62. The summed E-state index contributed by atoms with van der Waals surface area (Å²) in [5, 5.41) is 12.8. The van der Waals surface area contributed by atoms with E-state index in [1.807, 2.05) is 17.8 Å². The molecule has 0 fully saturated rings. The van der Waals surface area contributed by atoms with Gasteiger partial charge in [-0.25, -0.2) is 0 Å². The lowest BCUT2D eigenvalue weighted by Gasteiger charge is -2.10. The van der Waals surface area contributed by atoms with E-state index >= 15 is 0 Å². The summed E-state index contributed by atoms with van der Waals surface area (Å²) < 4.78 is 5.52. The molecule has 4 heteroatoms. The second-order valence-corrected chi connectivity index (χ2v) is 4.87. The molecule has 2 rings (SSSR count). The van der Waals surface area contributed by atoms with Crippen LogP contribution < -0.4 is 10.1 Å². The number of thioether (sulfide) groups is 1. The molecule has 0 aliphatic carbocycles. The molecule has 16 heavy (non-hydrogen) atoms. The van der Waals surface area contributed by atoms with Gasteiger partial charge in [-0.3, -0.25) is 0 Å². The number of hydrogen-bond donors (Lipinski definition) is 2. The topological polar surface area (TPSA) is 41.5 Å². The first-order chi connectivity index (χ1) is 7.81. The number of rotatable bonds is 5. The number of fused-ring (bicyclic) bond motifs is 1. The Hall–Kier alpha value is -0.870. The number of phenols is 1. The molecule has 1 atom stereocenters. The fourth-order valence-corrected chi connectivity index (χ4v) is 2.29. The molecule has 1 unspecified atom stereocenters. The normalized spacial score (nSPS) is 18.2. The van der Waals surface area contributed by atoms with E-state index in [0.717, 1.165) is 17.9 Å². The van der Waals surface area contributed by atoms with Crippen LogP contribution in [0.4, 0.5) is 0 Å². The summed E-state index contributed by atoms with van der Waals surface area (Å²) in [4.78, 5) is 0. The summed E-state index contributed by atoms with van der Waals surface area (Å²) in [5.74, 6) is 2.26. The van der Waals surface area contributed by atoms with Crippen molar-refractivity contribution in [3.63, 3.8) is 0 Å². The molecule has 0 saturated heterocycles. The predicted octanol–water partition coefficient (Wildman–Crippen LogP) is 2.17. The second kappa shape index (κ2) is 5.46. The fourth-order valence-electron chi connectivity index (χ4n) is 1.86. The first-order valence-electron chi connectivity index (χ1n) is 5.49. The van der Waals surface area contributed by atoms with Crippen LogP contribution >= 0.6 is 11.8 Å². The highest BCUT2D eigenvalue weighted by Gasteiger charge is 2.23. The van der Waals surface area contributed by atoms with Crippen LogP contribution in [0.25, 0.3) is 0 Å². The lowest BCUT2D eigenvalue weighted by molar-refractivity contribution is 0.311. The summed E-state index contributed by atoms with van der Waals surface area (Å²) in [6.45, 7) is 1.67. The van der Waals surface area contributed by atoms with Gasteiger partial charge in [-0.05, 0) is 37.1 Å². The third-order valence-corrected chi connectivity index (χ3v) is 3.39. The molecular formula is C12H17NO2S. The van der Waals surface area contributed by atoms with Crippen LogP contribution in [0.1, 0.15) is 18.0 Å². The molecule has 1 aliphatic heterocycles. The molecule has 1 heterocycles. The predicted molar refractivity (Wildman–Crippen MR) is 67.3 cm³/mol. The standard InChI is InChI=1S/C12H17NO2S/c1-16-6-2-5-13-11-8-15-12-7-9(14)3-4-10(11)12/h3-4,7,11,13-14H,2,5-6,8H2,1H3. The van der Waals surface area contributed by atoms with Crippen molar-refractivity contribution in [1.29, 1.82) is 0 Å². The van der Waals surface area contributed by atoms with E-state index in [0.29, 0.717) is 6.61 Å². The summed E-state index contributed by atoms with van der Waals surface area (Å²) in [6, 6.07) is 5.60. The van der Waals surface area contributed by atoms with Crippen molar-refractivity contribution in [1.82, 2.24) is 5.32 Å². The van der Waals surface area contributed by atoms with Gasteiger partial charge in [0.2, 0.25) is 0 Å². The third-order valence-electron chi connectivity index (χ3n) is 2.69. The van der Waals surface area contributed by atoms with Crippen LogP contribution in [0.2, 0.25) is 0 Å². The molecule has 0 amide bonds. The molecule has 3 nitrogen and oxygen atoms in total. The van der Waals surface area contributed by atoms with Gasteiger partial charge in [-0.15, -0.1) is 0 Å². The van der Waals surface area contributed by atoms with Crippen molar-refractivity contribution in [2.24, 2.45) is 0 Å². The number of benzene rings is 1. The van der Waals surface area contributed by atoms with E-state index in [1.165, 1.54) is 12.2 Å². The van der Waals surface area contributed by atoms with Crippen LogP contribution in [0.15, 0.2) is 18.2 Å². The molecule has 0 radical (unpaired) electrons. The first-order valence-corrected chi connectivity index (χ1v) is 6.88. The maximum Gasteiger partial charge on any atom is 0.127 e. The monoisotopic (exact) mass is 239 g/mol. The first kappa shape index (κ1) is 11.6. The SMILES string of the molecule is CSCCCNC1COc2cc(O)ccc21. The van der Waals surface area contributed by atoms with Gasteiger partial charge >= 0.3 is 0 Å². The van der Waals surface area contributed by atoms with E-state index in [1.54, 1.807) is 12.1 Å². The van der Waals surface area contributed by atoms with E-state index < -0.39 is 0 Å². The Kier molecular flexibility index (Phi) is 3.96. The highest BCUT2D eigenvalue weighted by molar-refractivity contribution is 7.98. The van der Waals surface area contributed by atoms with Crippen molar-refractivity contribution in [3.05, 3.63) is 23.8 Å². The smallest absolute Gasteiger partial charge is 0.127 e. The molecule has 1 aromatic rings. The van der Waals surface area contributed by atoms with Gasteiger partial charge in [0.05, 0.1) is 6.04 Å². The van der Waals surface area contributed by atoms with Crippen LogP contribution in [0.3, 0.4) is 0 Å². The number of nitrogens with one attached hydrogen (secondary N) is 1. The highest BCUT2D eigenvalue weighted by atomic mass is 32.2. The van der Waals surface area contributed by atoms with E-state index in [4.69, 9.17) is 4.74 Å². The molecule has 1 aromatic carbocycles. The number of ether oxygens (including phenoxy) is 1. The number of aromatic hydroxyl groups is 1. The Morgan fingerprint density at radius 2 is 2.44 bits per heavy atom. The lowest BCUT2D eigenvalue weighted by Crippen LogP contribution is -2.23. The Bertz CT molecular complexity index is 357. The van der Waals surface area contributed by atoms with Crippen LogP contribution in [-0.4, -0.2) is 30.3 Å². The molecule has 0 bridgehead atoms. The summed E-state index contributed by atoms with van der Waals surface area (Å²) >= 11 is 1.87. The molecule has 88 valence electrons. The lowest BCUT2D eigenvalue weighted by atomic mass is 10.1. The molecule has 0 aromatic heterocycles. The van der Waals surface area contributed by atoms with Crippen molar-refractivity contribution in [2.45, 2.75) is 12.5 Å².